The van der Waals surface area contributed by atoms with Gasteiger partial charge in [0.15, 0.2) is 5.17 Å². The fourth-order valence-electron chi connectivity index (χ4n) is 1.99. The van der Waals surface area contributed by atoms with Gasteiger partial charge in [-0.25, -0.2) is 0 Å². The third kappa shape index (κ3) is 3.73. The van der Waals surface area contributed by atoms with Crippen LogP contribution in [0.3, 0.4) is 0 Å². The molecule has 0 bridgehead atoms. The quantitative estimate of drug-likeness (QED) is 0.911. The molecule has 1 aliphatic heterocycles. The van der Waals surface area contributed by atoms with Gasteiger partial charge in [-0.3, -0.25) is 9.98 Å². The Bertz CT molecular complexity index is 429. The van der Waals surface area contributed by atoms with Crippen LogP contribution in [0.1, 0.15) is 31.7 Å². The van der Waals surface area contributed by atoms with Crippen LogP contribution in [-0.2, 0) is 6.54 Å². The average molecular weight is 263 g/mol. The maximum Gasteiger partial charge on any atom is 0.157 e. The van der Waals surface area contributed by atoms with E-state index >= 15 is 0 Å². The van der Waals surface area contributed by atoms with Gasteiger partial charge in [-0.2, -0.15) is 0 Å². The minimum atomic E-state index is 0.565. The molecule has 1 N–H and O–H groups in total. The number of amidine groups is 1. The van der Waals surface area contributed by atoms with Crippen molar-refractivity contribution >= 4 is 16.9 Å². The number of rotatable bonds is 3. The highest BCUT2D eigenvalue weighted by atomic mass is 32.2. The van der Waals surface area contributed by atoms with E-state index in [1.54, 1.807) is 0 Å². The fraction of sp³-hybridized carbons (Fsp3) is 0.571. The second-order valence-corrected chi connectivity index (χ2v) is 6.11. The van der Waals surface area contributed by atoms with E-state index in [0.29, 0.717) is 18.5 Å². The van der Waals surface area contributed by atoms with Gasteiger partial charge in [-0.15, -0.1) is 0 Å². The predicted molar refractivity (Wildman–Crippen MR) is 78.9 cm³/mol. The van der Waals surface area contributed by atoms with E-state index in [-0.39, 0.29) is 0 Å². The van der Waals surface area contributed by atoms with Crippen LogP contribution in [0.2, 0.25) is 0 Å². The molecule has 1 aliphatic rings. The van der Waals surface area contributed by atoms with Gasteiger partial charge in [0.05, 0.1) is 12.2 Å². The van der Waals surface area contributed by atoms with Crippen LogP contribution in [0, 0.1) is 12.8 Å². The van der Waals surface area contributed by atoms with E-state index < -0.39 is 0 Å². The monoisotopic (exact) mass is 263 g/mol. The number of pyridine rings is 1. The van der Waals surface area contributed by atoms with Crippen molar-refractivity contribution in [3.63, 3.8) is 0 Å². The summed E-state index contributed by atoms with van der Waals surface area (Å²) in [6, 6.07) is 6.65. The van der Waals surface area contributed by atoms with Crippen molar-refractivity contribution in [3.8, 4) is 0 Å². The summed E-state index contributed by atoms with van der Waals surface area (Å²) in [6.07, 6.45) is 1.23. The molecule has 0 radical (unpaired) electrons. The first-order valence-corrected chi connectivity index (χ1v) is 7.50. The summed E-state index contributed by atoms with van der Waals surface area (Å²) in [4.78, 5) is 9.10. The number of hydrogen-bond donors (Lipinski definition) is 1. The summed E-state index contributed by atoms with van der Waals surface area (Å²) < 4.78 is 0. The third-order valence-corrected chi connectivity index (χ3v) is 4.07. The largest absolute Gasteiger partial charge is 0.362 e. The highest BCUT2D eigenvalue weighted by Crippen LogP contribution is 2.19. The molecule has 0 saturated carbocycles. The summed E-state index contributed by atoms with van der Waals surface area (Å²) in [5, 5.41) is 4.60. The van der Waals surface area contributed by atoms with Crippen LogP contribution in [0.15, 0.2) is 23.2 Å². The van der Waals surface area contributed by atoms with Crippen LogP contribution in [-0.4, -0.2) is 21.9 Å². The lowest BCUT2D eigenvalue weighted by molar-refractivity contribution is 0.442. The number of thioether (sulfide) groups is 1. The molecule has 4 heteroatoms. The van der Waals surface area contributed by atoms with Crippen LogP contribution < -0.4 is 5.32 Å². The zero-order chi connectivity index (χ0) is 13.0. The first kappa shape index (κ1) is 13.4. The molecule has 2 heterocycles. The van der Waals surface area contributed by atoms with Gasteiger partial charge >= 0.3 is 0 Å². The summed E-state index contributed by atoms with van der Waals surface area (Å²) >= 11 is 1.82. The summed E-state index contributed by atoms with van der Waals surface area (Å²) in [5.74, 6) is 1.82. The van der Waals surface area contributed by atoms with Crippen LogP contribution in [0.25, 0.3) is 0 Å². The molecule has 1 atom stereocenters. The molecule has 0 aromatic carbocycles. The van der Waals surface area contributed by atoms with Crippen molar-refractivity contribution in [2.75, 3.05) is 5.75 Å². The summed E-state index contributed by atoms with van der Waals surface area (Å²) in [5.41, 5.74) is 2.09. The lowest BCUT2D eigenvalue weighted by atomic mass is 10.0. The summed E-state index contributed by atoms with van der Waals surface area (Å²) in [6.45, 7) is 7.20. The zero-order valence-electron chi connectivity index (χ0n) is 11.3. The van der Waals surface area contributed by atoms with E-state index in [2.05, 4.69) is 29.1 Å². The molecule has 2 rings (SSSR count). The number of aliphatic imine (C=N–C) groups is 1. The Morgan fingerprint density at radius 3 is 3.06 bits per heavy atom. The van der Waals surface area contributed by atoms with Gasteiger partial charge in [0, 0.05) is 17.5 Å². The Balaban J connectivity index is 1.96. The van der Waals surface area contributed by atoms with Gasteiger partial charge in [0.1, 0.15) is 0 Å². The Morgan fingerprint density at radius 2 is 2.33 bits per heavy atom. The van der Waals surface area contributed by atoms with Crippen molar-refractivity contribution in [2.24, 2.45) is 10.9 Å². The normalized spacial score (nSPS) is 22.2. The Kier molecular flexibility index (Phi) is 4.64. The molecule has 0 amide bonds. The first-order valence-electron chi connectivity index (χ1n) is 6.51. The van der Waals surface area contributed by atoms with E-state index in [0.717, 1.165) is 22.3 Å². The fourth-order valence-corrected chi connectivity index (χ4v) is 2.94. The Hall–Kier alpha value is -1.03. The number of nitrogens with zero attached hydrogens (tertiary/aromatic N) is 2. The highest BCUT2D eigenvalue weighted by molar-refractivity contribution is 8.13. The van der Waals surface area contributed by atoms with E-state index in [9.17, 15) is 0 Å². The molecule has 0 aliphatic carbocycles. The number of hydrogen-bond acceptors (Lipinski definition) is 3. The number of nitrogens with one attached hydrogen (secondary N) is 1. The standard InChI is InChI=1S/C14H21N3S/c1-10(2)13-7-8-18-14(17-13)15-9-12-6-4-5-11(3)16-12/h4-6,10,13H,7-9H2,1-3H3,(H,15,17). The van der Waals surface area contributed by atoms with E-state index in [4.69, 9.17) is 0 Å². The molecule has 1 fully saturated rings. The highest BCUT2D eigenvalue weighted by Gasteiger charge is 2.19. The van der Waals surface area contributed by atoms with Crippen molar-refractivity contribution in [1.29, 1.82) is 0 Å². The minimum Gasteiger partial charge on any atom is -0.362 e. The SMILES string of the molecule is Cc1cccc(CN=C2NC(C(C)C)CCS2)n1. The maximum atomic E-state index is 4.63. The molecular weight excluding hydrogens is 242 g/mol. The number of aromatic nitrogens is 1. The third-order valence-electron chi connectivity index (χ3n) is 3.11. The zero-order valence-corrected chi connectivity index (χ0v) is 12.1. The predicted octanol–water partition coefficient (Wildman–Crippen LogP) is 3.00. The summed E-state index contributed by atoms with van der Waals surface area (Å²) in [7, 11) is 0. The van der Waals surface area contributed by atoms with Crippen molar-refractivity contribution < 1.29 is 0 Å². The van der Waals surface area contributed by atoms with Gasteiger partial charge < -0.3 is 5.32 Å². The lowest BCUT2D eigenvalue weighted by Gasteiger charge is -2.28. The molecule has 98 valence electrons. The first-order chi connectivity index (χ1) is 8.65. The second kappa shape index (κ2) is 6.23. The Morgan fingerprint density at radius 1 is 1.50 bits per heavy atom. The van der Waals surface area contributed by atoms with Crippen LogP contribution in [0.5, 0.6) is 0 Å². The average Bonchev–Trinajstić information content (AvgIpc) is 2.37. The van der Waals surface area contributed by atoms with Gasteiger partial charge in [0.2, 0.25) is 0 Å². The second-order valence-electron chi connectivity index (χ2n) is 5.02. The molecule has 1 aromatic heterocycles. The Labute approximate surface area is 113 Å². The smallest absolute Gasteiger partial charge is 0.157 e. The number of aryl methyl sites for hydroxylation is 1. The molecule has 0 spiro atoms. The molecule has 1 unspecified atom stereocenters. The minimum absolute atomic E-state index is 0.565. The molecule has 3 nitrogen and oxygen atoms in total. The molecule has 18 heavy (non-hydrogen) atoms. The molecule has 1 saturated heterocycles. The van der Waals surface area contributed by atoms with Crippen molar-refractivity contribution in [3.05, 3.63) is 29.6 Å². The molecular formula is C14H21N3S. The molecule has 1 aromatic rings. The van der Waals surface area contributed by atoms with Crippen molar-refractivity contribution in [1.82, 2.24) is 10.3 Å². The van der Waals surface area contributed by atoms with Gasteiger partial charge in [-0.05, 0) is 31.4 Å². The van der Waals surface area contributed by atoms with Crippen molar-refractivity contribution in [2.45, 2.75) is 39.8 Å². The lowest BCUT2D eigenvalue weighted by Crippen LogP contribution is -2.41. The van der Waals surface area contributed by atoms with Crippen LogP contribution in [0.4, 0.5) is 0 Å². The van der Waals surface area contributed by atoms with E-state index in [1.165, 1.54) is 6.42 Å². The van der Waals surface area contributed by atoms with Gasteiger partial charge in [-0.1, -0.05) is 31.7 Å². The van der Waals surface area contributed by atoms with Crippen LogP contribution >= 0.6 is 11.8 Å². The topological polar surface area (TPSA) is 37.3 Å². The van der Waals surface area contributed by atoms with Gasteiger partial charge in [0.25, 0.3) is 0 Å². The maximum absolute atomic E-state index is 4.63. The van der Waals surface area contributed by atoms with E-state index in [1.807, 2.05) is 36.9 Å².